The molecule has 1 amide bonds. The second-order valence-electron chi connectivity index (χ2n) is 7.40. The fraction of sp³-hybridized carbons (Fsp3) is 0.650. The van der Waals surface area contributed by atoms with Crippen LogP contribution in [0.15, 0.2) is 11.0 Å². The van der Waals surface area contributed by atoms with E-state index in [-0.39, 0.29) is 28.6 Å². The number of sulfone groups is 1. The van der Waals surface area contributed by atoms with Crippen LogP contribution in [-0.2, 0) is 16.3 Å². The summed E-state index contributed by atoms with van der Waals surface area (Å²) in [5.74, 6) is 0.319. The summed E-state index contributed by atoms with van der Waals surface area (Å²) in [6.45, 7) is 7.02. The van der Waals surface area contributed by atoms with E-state index >= 15 is 0 Å². The molecule has 2 aliphatic heterocycles. The Bertz CT molecular complexity index is 814. The number of hydrogen-bond donors (Lipinski definition) is 2. The molecular formula is C20H30N2O4S. The minimum atomic E-state index is -3.42. The molecule has 6 nitrogen and oxygen atoms in total. The van der Waals surface area contributed by atoms with Crippen LogP contribution in [0.25, 0.3) is 0 Å². The SMILES string of the molecule is CCC(NC(=O)c1cc(S(=O)(=O)CC)c(C)c2c1OCCC2)C1CCCN1. The van der Waals surface area contributed by atoms with Crippen molar-refractivity contribution in [3.05, 3.63) is 22.8 Å². The highest BCUT2D eigenvalue weighted by molar-refractivity contribution is 7.91. The van der Waals surface area contributed by atoms with Crippen LogP contribution in [0.4, 0.5) is 0 Å². The second-order valence-corrected chi connectivity index (χ2v) is 9.65. The maximum absolute atomic E-state index is 13.1. The van der Waals surface area contributed by atoms with E-state index in [4.69, 9.17) is 4.74 Å². The third-order valence-corrected chi connectivity index (χ3v) is 7.59. The van der Waals surface area contributed by atoms with E-state index in [0.29, 0.717) is 23.5 Å². The van der Waals surface area contributed by atoms with E-state index in [1.807, 2.05) is 6.92 Å². The molecule has 2 atom stereocenters. The lowest BCUT2D eigenvalue weighted by molar-refractivity contribution is 0.0922. The number of nitrogens with one attached hydrogen (secondary N) is 2. The zero-order valence-electron chi connectivity index (χ0n) is 16.4. The number of fused-ring (bicyclic) bond motifs is 1. The number of hydrogen-bond acceptors (Lipinski definition) is 5. The Morgan fingerprint density at radius 2 is 2.15 bits per heavy atom. The molecule has 0 aliphatic carbocycles. The minimum Gasteiger partial charge on any atom is -0.492 e. The molecule has 0 radical (unpaired) electrons. The molecule has 1 aromatic rings. The van der Waals surface area contributed by atoms with E-state index in [9.17, 15) is 13.2 Å². The predicted molar refractivity (Wildman–Crippen MR) is 105 cm³/mol. The Hall–Kier alpha value is -1.60. The van der Waals surface area contributed by atoms with Crippen molar-refractivity contribution < 1.29 is 17.9 Å². The summed E-state index contributed by atoms with van der Waals surface area (Å²) in [6, 6.07) is 1.80. The van der Waals surface area contributed by atoms with Crippen LogP contribution in [-0.4, -0.2) is 45.3 Å². The average molecular weight is 395 g/mol. The molecule has 0 aromatic heterocycles. The molecule has 2 heterocycles. The molecule has 2 N–H and O–H groups in total. The van der Waals surface area contributed by atoms with E-state index in [2.05, 4.69) is 17.6 Å². The van der Waals surface area contributed by atoms with Crippen molar-refractivity contribution in [2.24, 2.45) is 0 Å². The first kappa shape index (κ1) is 20.1. The third kappa shape index (κ3) is 3.99. The van der Waals surface area contributed by atoms with Crippen molar-refractivity contribution in [3.8, 4) is 5.75 Å². The van der Waals surface area contributed by atoms with Gasteiger partial charge in [0.25, 0.3) is 5.91 Å². The molecule has 1 saturated heterocycles. The van der Waals surface area contributed by atoms with Gasteiger partial charge in [-0.05, 0) is 62.8 Å². The molecule has 3 rings (SSSR count). The van der Waals surface area contributed by atoms with E-state index in [1.165, 1.54) is 6.07 Å². The zero-order valence-corrected chi connectivity index (χ0v) is 17.2. The van der Waals surface area contributed by atoms with Gasteiger partial charge in [0.05, 0.1) is 22.8 Å². The summed E-state index contributed by atoms with van der Waals surface area (Å²) in [6.07, 6.45) is 4.53. The quantitative estimate of drug-likeness (QED) is 0.774. The van der Waals surface area contributed by atoms with Crippen LogP contribution in [0.1, 0.15) is 61.0 Å². The third-order valence-electron chi connectivity index (χ3n) is 5.73. The first-order valence-corrected chi connectivity index (χ1v) is 11.6. The van der Waals surface area contributed by atoms with Gasteiger partial charge in [0.2, 0.25) is 0 Å². The zero-order chi connectivity index (χ0) is 19.6. The van der Waals surface area contributed by atoms with E-state index in [1.54, 1.807) is 6.92 Å². The highest BCUT2D eigenvalue weighted by Crippen LogP contribution is 2.36. The van der Waals surface area contributed by atoms with Gasteiger partial charge < -0.3 is 15.4 Å². The van der Waals surface area contributed by atoms with Crippen molar-refractivity contribution in [2.75, 3.05) is 18.9 Å². The Balaban J connectivity index is 2.00. The minimum absolute atomic E-state index is 0.0120. The first-order chi connectivity index (χ1) is 12.9. The molecule has 2 aliphatic rings. The molecule has 27 heavy (non-hydrogen) atoms. The van der Waals surface area contributed by atoms with Crippen molar-refractivity contribution in [2.45, 2.75) is 69.9 Å². The van der Waals surface area contributed by atoms with Crippen LogP contribution in [0.3, 0.4) is 0 Å². The van der Waals surface area contributed by atoms with Gasteiger partial charge in [-0.3, -0.25) is 4.79 Å². The van der Waals surface area contributed by atoms with Crippen LogP contribution < -0.4 is 15.4 Å². The summed E-state index contributed by atoms with van der Waals surface area (Å²) in [5.41, 5.74) is 1.92. The summed E-state index contributed by atoms with van der Waals surface area (Å²) in [4.78, 5) is 13.4. The van der Waals surface area contributed by atoms with Gasteiger partial charge in [0.1, 0.15) is 5.75 Å². The van der Waals surface area contributed by atoms with Gasteiger partial charge >= 0.3 is 0 Å². The van der Waals surface area contributed by atoms with E-state index < -0.39 is 9.84 Å². The maximum Gasteiger partial charge on any atom is 0.255 e. The fourth-order valence-corrected chi connectivity index (χ4v) is 5.31. The lowest BCUT2D eigenvalue weighted by atomic mass is 9.96. The predicted octanol–water partition coefficient (Wildman–Crippen LogP) is 2.37. The Kier molecular flexibility index (Phi) is 6.11. The molecule has 7 heteroatoms. The number of carbonyl (C=O) groups is 1. The van der Waals surface area contributed by atoms with Crippen LogP contribution in [0.2, 0.25) is 0 Å². The van der Waals surface area contributed by atoms with Crippen molar-refractivity contribution in [1.29, 1.82) is 0 Å². The normalized spacial score (nSPS) is 20.6. The summed E-state index contributed by atoms with van der Waals surface area (Å²) >= 11 is 0. The van der Waals surface area contributed by atoms with Crippen molar-refractivity contribution >= 4 is 15.7 Å². The Morgan fingerprint density at radius 1 is 1.37 bits per heavy atom. The fourth-order valence-electron chi connectivity index (χ4n) is 4.11. The maximum atomic E-state index is 13.1. The number of rotatable bonds is 6. The molecule has 2 unspecified atom stereocenters. The van der Waals surface area contributed by atoms with Crippen LogP contribution in [0.5, 0.6) is 5.75 Å². The molecule has 1 fully saturated rings. The second kappa shape index (κ2) is 8.19. The number of benzene rings is 1. The highest BCUT2D eigenvalue weighted by Gasteiger charge is 2.30. The van der Waals surface area contributed by atoms with Crippen molar-refractivity contribution in [3.63, 3.8) is 0 Å². The highest BCUT2D eigenvalue weighted by atomic mass is 32.2. The van der Waals surface area contributed by atoms with Gasteiger partial charge in [0, 0.05) is 12.1 Å². The summed E-state index contributed by atoms with van der Waals surface area (Å²) in [5, 5.41) is 6.55. The molecule has 1 aromatic carbocycles. The van der Waals surface area contributed by atoms with Gasteiger partial charge in [-0.2, -0.15) is 0 Å². The largest absolute Gasteiger partial charge is 0.492 e. The van der Waals surface area contributed by atoms with Gasteiger partial charge in [-0.1, -0.05) is 13.8 Å². The van der Waals surface area contributed by atoms with E-state index in [0.717, 1.165) is 44.2 Å². The van der Waals surface area contributed by atoms with Gasteiger partial charge in [-0.15, -0.1) is 0 Å². The topological polar surface area (TPSA) is 84.5 Å². The summed E-state index contributed by atoms with van der Waals surface area (Å²) in [7, 11) is -3.42. The van der Waals surface area contributed by atoms with Gasteiger partial charge in [-0.25, -0.2) is 8.42 Å². The lowest BCUT2D eigenvalue weighted by Gasteiger charge is -2.27. The molecule has 150 valence electrons. The lowest BCUT2D eigenvalue weighted by Crippen LogP contribution is -2.47. The van der Waals surface area contributed by atoms with Crippen molar-refractivity contribution in [1.82, 2.24) is 10.6 Å². The molecule has 0 saturated carbocycles. The number of ether oxygens (including phenoxy) is 1. The number of carbonyl (C=O) groups excluding carboxylic acids is 1. The monoisotopic (exact) mass is 394 g/mol. The smallest absolute Gasteiger partial charge is 0.255 e. The standard InChI is InChI=1S/C20H30N2O4S/c1-4-16(17-9-6-10-21-17)22-20(23)15-12-18(27(24,25)5-2)13(3)14-8-7-11-26-19(14)15/h12,16-17,21H,4-11H2,1-3H3,(H,22,23). The Morgan fingerprint density at radius 3 is 2.78 bits per heavy atom. The van der Waals surface area contributed by atoms with Crippen LogP contribution >= 0.6 is 0 Å². The van der Waals surface area contributed by atoms with Gasteiger partial charge in [0.15, 0.2) is 9.84 Å². The first-order valence-electron chi connectivity index (χ1n) is 9.95. The average Bonchev–Trinajstić information content (AvgIpc) is 3.20. The van der Waals surface area contributed by atoms with Crippen LogP contribution in [0, 0.1) is 6.92 Å². The molecular weight excluding hydrogens is 364 g/mol. The molecule has 0 spiro atoms. The number of amides is 1. The Labute approximate surface area is 162 Å². The summed E-state index contributed by atoms with van der Waals surface area (Å²) < 4.78 is 31.0. The molecule has 0 bridgehead atoms.